The molecule has 0 aliphatic heterocycles. The van der Waals surface area contributed by atoms with Crippen molar-refractivity contribution in [2.75, 3.05) is 5.75 Å². The molecule has 0 bridgehead atoms. The lowest BCUT2D eigenvalue weighted by Gasteiger charge is -2.25. The molecule has 1 heterocycles. The lowest BCUT2D eigenvalue weighted by atomic mass is 9.89. The van der Waals surface area contributed by atoms with Crippen molar-refractivity contribution < 1.29 is 17.6 Å². The van der Waals surface area contributed by atoms with Gasteiger partial charge in [-0.2, -0.15) is 13.2 Å². The molecule has 0 saturated carbocycles. The van der Waals surface area contributed by atoms with Crippen molar-refractivity contribution in [2.24, 2.45) is 12.5 Å². The molecule has 30 heavy (non-hydrogen) atoms. The molecule has 10 heteroatoms. The number of hydrogen-bond donors (Lipinski definition) is 0. The van der Waals surface area contributed by atoms with E-state index in [1.807, 2.05) is 20.8 Å². The molecule has 0 aliphatic carbocycles. The molecule has 0 spiro atoms. The van der Waals surface area contributed by atoms with Gasteiger partial charge in [0.25, 0.3) is 5.56 Å². The molecule has 0 radical (unpaired) electrons. The van der Waals surface area contributed by atoms with Crippen LogP contribution in [0.1, 0.15) is 32.0 Å². The first-order valence-electron chi connectivity index (χ1n) is 8.77. The van der Waals surface area contributed by atoms with E-state index in [-0.39, 0.29) is 10.4 Å². The van der Waals surface area contributed by atoms with Gasteiger partial charge in [0.2, 0.25) is 0 Å². The number of aromatic nitrogens is 2. The van der Waals surface area contributed by atoms with Crippen LogP contribution in [-0.2, 0) is 13.2 Å². The molecule has 0 fully saturated rings. The van der Waals surface area contributed by atoms with Gasteiger partial charge >= 0.3 is 11.9 Å². The highest BCUT2D eigenvalue weighted by Crippen LogP contribution is 2.37. The molecule has 0 aliphatic rings. The van der Waals surface area contributed by atoms with Gasteiger partial charge in [-0.1, -0.05) is 37.6 Å². The fourth-order valence-electron chi connectivity index (χ4n) is 2.65. The molecule has 0 saturated heterocycles. The van der Waals surface area contributed by atoms with Gasteiger partial charge in [-0.15, -0.1) is 11.8 Å². The zero-order valence-electron chi connectivity index (χ0n) is 17.1. The molecular weight excluding hydrogens is 444 g/mol. The van der Waals surface area contributed by atoms with E-state index in [9.17, 15) is 27.2 Å². The molecular formula is C20H21ClF4N2O2S. The van der Waals surface area contributed by atoms with Crippen LogP contribution in [0.15, 0.2) is 38.8 Å². The van der Waals surface area contributed by atoms with Crippen molar-refractivity contribution in [2.45, 2.75) is 38.8 Å². The molecule has 2 aromatic rings. The number of benzene rings is 1. The number of allylic oxidation sites excluding steroid dienone is 1. The Labute approximate surface area is 180 Å². The third-order valence-corrected chi connectivity index (χ3v) is 6.89. The molecule has 2 rings (SSSR count). The topological polar surface area (TPSA) is 44.0 Å². The van der Waals surface area contributed by atoms with E-state index in [1.54, 1.807) is 0 Å². The van der Waals surface area contributed by atoms with Crippen LogP contribution in [-0.4, -0.2) is 14.9 Å². The summed E-state index contributed by atoms with van der Waals surface area (Å²) < 4.78 is 55.1. The summed E-state index contributed by atoms with van der Waals surface area (Å²) in [7, 11) is 0.882. The highest BCUT2D eigenvalue weighted by molar-refractivity contribution is 7.99. The number of alkyl halides is 3. The van der Waals surface area contributed by atoms with Gasteiger partial charge in [0.05, 0.1) is 10.7 Å². The van der Waals surface area contributed by atoms with Gasteiger partial charge in [-0.05, 0) is 31.4 Å². The van der Waals surface area contributed by atoms with Gasteiger partial charge in [0.1, 0.15) is 11.5 Å². The Bertz CT molecular complexity index is 1100. The van der Waals surface area contributed by atoms with E-state index >= 15 is 0 Å². The number of halogens is 5. The monoisotopic (exact) mass is 464 g/mol. The molecule has 164 valence electrons. The lowest BCUT2D eigenvalue weighted by molar-refractivity contribution is -0.144. The van der Waals surface area contributed by atoms with Crippen LogP contribution < -0.4 is 11.2 Å². The van der Waals surface area contributed by atoms with Crippen LogP contribution in [0.3, 0.4) is 0 Å². The maximum Gasteiger partial charge on any atom is 0.432 e. The van der Waals surface area contributed by atoms with Crippen LogP contribution in [0.4, 0.5) is 17.6 Å². The number of hydrogen-bond acceptors (Lipinski definition) is 3. The Morgan fingerprint density at radius 1 is 1.23 bits per heavy atom. The normalized spacial score (nSPS) is 12.3. The first-order chi connectivity index (χ1) is 13.6. The van der Waals surface area contributed by atoms with Crippen LogP contribution in [0.25, 0.3) is 5.69 Å². The van der Waals surface area contributed by atoms with E-state index in [2.05, 4.69) is 6.58 Å². The second kappa shape index (κ2) is 8.26. The smallest absolute Gasteiger partial charge is 0.292 e. The average molecular weight is 465 g/mol. The van der Waals surface area contributed by atoms with Crippen LogP contribution >= 0.6 is 23.4 Å². The molecule has 0 unspecified atom stereocenters. The number of thioether (sulfide) groups is 1. The third-order valence-electron chi connectivity index (χ3n) is 4.95. The molecule has 0 N–H and O–H groups in total. The minimum absolute atomic E-state index is 0.0623. The highest BCUT2D eigenvalue weighted by atomic mass is 35.5. The summed E-state index contributed by atoms with van der Waals surface area (Å²) in [6.07, 6.45) is -4.91. The minimum atomic E-state index is -4.91. The summed E-state index contributed by atoms with van der Waals surface area (Å²) >= 11 is 7.39. The average Bonchev–Trinajstić information content (AvgIpc) is 2.59. The SMILES string of the molecule is C=C(C)C(C)(C)CSc1cc(-n2c(=O)c(C)c(C(F)(F)F)n(C)c2=O)c(F)cc1Cl. The van der Waals surface area contributed by atoms with Crippen molar-refractivity contribution in [3.8, 4) is 5.69 Å². The summed E-state index contributed by atoms with van der Waals surface area (Å²) in [5.41, 5.74) is -4.46. The number of nitrogens with zero attached hydrogens (tertiary/aromatic N) is 2. The summed E-state index contributed by atoms with van der Waals surface area (Å²) in [5.74, 6) is -0.478. The van der Waals surface area contributed by atoms with Crippen LogP contribution in [0.5, 0.6) is 0 Å². The zero-order chi connectivity index (χ0) is 23.2. The Hall–Kier alpha value is -2.00. The fraction of sp³-hybridized carbons (Fsp3) is 0.400. The summed E-state index contributed by atoms with van der Waals surface area (Å²) in [6.45, 7) is 10.7. The van der Waals surface area contributed by atoms with E-state index in [0.717, 1.165) is 25.6 Å². The summed E-state index contributed by atoms with van der Waals surface area (Å²) in [6, 6.07) is 2.14. The van der Waals surface area contributed by atoms with E-state index in [1.165, 1.54) is 17.8 Å². The molecule has 1 aromatic carbocycles. The first kappa shape index (κ1) is 24.3. The largest absolute Gasteiger partial charge is 0.432 e. The van der Waals surface area contributed by atoms with E-state index < -0.39 is 40.2 Å². The maximum absolute atomic E-state index is 14.6. The third kappa shape index (κ3) is 4.51. The minimum Gasteiger partial charge on any atom is -0.292 e. The standard InChI is InChI=1S/C20H21ClF4N2O2S/c1-10(2)19(4,5)9-30-15-8-14(13(22)7-12(15)21)27-17(28)11(3)16(20(23,24)25)26(6)18(27)29/h7-8H,1,9H2,2-6H3. The second-order valence-electron chi connectivity index (χ2n) is 7.64. The predicted octanol–water partition coefficient (Wildman–Crippen LogP) is 5.35. The zero-order valence-corrected chi connectivity index (χ0v) is 18.7. The Morgan fingerprint density at radius 3 is 2.30 bits per heavy atom. The van der Waals surface area contributed by atoms with Gasteiger partial charge in [-0.25, -0.2) is 13.8 Å². The molecule has 0 atom stereocenters. The van der Waals surface area contributed by atoms with Crippen LogP contribution in [0.2, 0.25) is 5.02 Å². The van der Waals surface area contributed by atoms with Crippen molar-refractivity contribution >= 4 is 23.4 Å². The van der Waals surface area contributed by atoms with Gasteiger partial charge in [0, 0.05) is 23.3 Å². The van der Waals surface area contributed by atoms with E-state index in [0.29, 0.717) is 19.8 Å². The first-order valence-corrected chi connectivity index (χ1v) is 10.1. The Balaban J connectivity index is 2.70. The fourth-order valence-corrected chi connectivity index (χ4v) is 4.12. The van der Waals surface area contributed by atoms with Gasteiger partial charge in [0.15, 0.2) is 0 Å². The quantitative estimate of drug-likeness (QED) is 0.340. The maximum atomic E-state index is 14.6. The Kier molecular flexibility index (Phi) is 6.68. The molecule has 1 aromatic heterocycles. The summed E-state index contributed by atoms with van der Waals surface area (Å²) in [4.78, 5) is 25.6. The van der Waals surface area contributed by atoms with Crippen molar-refractivity contribution in [3.63, 3.8) is 0 Å². The van der Waals surface area contributed by atoms with Gasteiger partial charge in [-0.3, -0.25) is 9.36 Å². The lowest BCUT2D eigenvalue weighted by Crippen LogP contribution is -2.43. The van der Waals surface area contributed by atoms with Gasteiger partial charge < -0.3 is 0 Å². The molecule has 4 nitrogen and oxygen atoms in total. The Morgan fingerprint density at radius 2 is 1.80 bits per heavy atom. The predicted molar refractivity (Wildman–Crippen MR) is 111 cm³/mol. The van der Waals surface area contributed by atoms with Crippen molar-refractivity contribution in [1.82, 2.24) is 9.13 Å². The summed E-state index contributed by atoms with van der Waals surface area (Å²) in [5, 5.41) is 0.0623. The van der Waals surface area contributed by atoms with Crippen LogP contribution in [0, 0.1) is 18.2 Å². The number of rotatable bonds is 5. The highest BCUT2D eigenvalue weighted by Gasteiger charge is 2.38. The second-order valence-corrected chi connectivity index (χ2v) is 9.06. The van der Waals surface area contributed by atoms with Crippen molar-refractivity contribution in [3.05, 3.63) is 67.2 Å². The van der Waals surface area contributed by atoms with E-state index in [4.69, 9.17) is 11.6 Å². The molecule has 0 amide bonds. The van der Waals surface area contributed by atoms with Crippen molar-refractivity contribution in [1.29, 1.82) is 0 Å².